The zero-order valence-electron chi connectivity index (χ0n) is 20.5. The Kier molecular flexibility index (Phi) is 4.92. The third-order valence-corrected chi connectivity index (χ3v) is 7.64. The van der Waals surface area contributed by atoms with E-state index in [0.717, 1.165) is 58.8 Å². The summed E-state index contributed by atoms with van der Waals surface area (Å²) in [5.41, 5.74) is 13.2. The van der Waals surface area contributed by atoms with Gasteiger partial charge in [0.15, 0.2) is 5.82 Å². The second-order valence-corrected chi connectivity index (χ2v) is 9.90. The molecule has 1 saturated carbocycles. The summed E-state index contributed by atoms with van der Waals surface area (Å²) in [7, 11) is 0. The lowest BCUT2D eigenvalue weighted by atomic mass is 9.72. The van der Waals surface area contributed by atoms with Gasteiger partial charge in [-0.25, -0.2) is 9.97 Å². The van der Waals surface area contributed by atoms with Crippen molar-refractivity contribution in [3.63, 3.8) is 0 Å². The smallest absolute Gasteiger partial charge is 0.270 e. The molecular weight excluding hydrogens is 476 g/mol. The van der Waals surface area contributed by atoms with Crippen LogP contribution in [0.1, 0.15) is 24.8 Å². The number of para-hydroxylation sites is 1. The molecule has 1 fully saturated rings. The highest BCUT2D eigenvalue weighted by atomic mass is 16.6. The van der Waals surface area contributed by atoms with Crippen molar-refractivity contribution in [2.24, 2.45) is 5.73 Å². The molecule has 3 heterocycles. The molecule has 2 aliphatic rings. The van der Waals surface area contributed by atoms with Gasteiger partial charge >= 0.3 is 0 Å². The molecule has 3 N–H and O–H groups in total. The second-order valence-electron chi connectivity index (χ2n) is 9.90. The average Bonchev–Trinajstić information content (AvgIpc) is 3.26. The van der Waals surface area contributed by atoms with Gasteiger partial charge in [0, 0.05) is 40.6 Å². The predicted molar refractivity (Wildman–Crippen MR) is 147 cm³/mol. The topological polar surface area (TPSA) is 112 Å². The average molecular weight is 501 g/mol. The van der Waals surface area contributed by atoms with E-state index in [2.05, 4.69) is 39.1 Å². The van der Waals surface area contributed by atoms with Crippen molar-refractivity contribution in [1.29, 1.82) is 0 Å². The maximum absolute atomic E-state index is 11.6. The number of nitro benzene ring substituents is 1. The normalized spacial score (nSPS) is 14.8. The van der Waals surface area contributed by atoms with E-state index in [1.165, 1.54) is 6.07 Å². The van der Waals surface area contributed by atoms with Crippen molar-refractivity contribution >= 4 is 17.2 Å². The molecule has 8 nitrogen and oxygen atoms in total. The van der Waals surface area contributed by atoms with E-state index in [0.29, 0.717) is 17.1 Å². The molecule has 3 aromatic carbocycles. The van der Waals surface area contributed by atoms with Gasteiger partial charge in [-0.1, -0.05) is 48.5 Å². The molecule has 0 saturated heterocycles. The van der Waals surface area contributed by atoms with Gasteiger partial charge in [-0.2, -0.15) is 0 Å². The minimum Gasteiger partial charge on any atom is -0.338 e. The van der Waals surface area contributed by atoms with Gasteiger partial charge < -0.3 is 11.1 Å². The molecular formula is C30H24N6O2. The highest BCUT2D eigenvalue weighted by Crippen LogP contribution is 2.45. The van der Waals surface area contributed by atoms with E-state index in [9.17, 15) is 10.1 Å². The third-order valence-electron chi connectivity index (χ3n) is 7.64. The second kappa shape index (κ2) is 8.36. The maximum atomic E-state index is 11.6. The lowest BCUT2D eigenvalue weighted by molar-refractivity contribution is -0.384. The molecule has 7 rings (SSSR count). The van der Waals surface area contributed by atoms with Crippen molar-refractivity contribution in [2.75, 3.05) is 5.32 Å². The first-order valence-electron chi connectivity index (χ1n) is 12.6. The lowest BCUT2D eigenvalue weighted by Crippen LogP contribution is -2.43. The Bertz CT molecular complexity index is 1720. The fourth-order valence-electron chi connectivity index (χ4n) is 5.46. The molecule has 186 valence electrons. The number of rotatable bonds is 4. The van der Waals surface area contributed by atoms with Crippen molar-refractivity contribution in [3.05, 3.63) is 107 Å². The first-order valence-corrected chi connectivity index (χ1v) is 12.6. The predicted octanol–water partition coefficient (Wildman–Crippen LogP) is 6.57. The summed E-state index contributed by atoms with van der Waals surface area (Å²) in [6.45, 7) is 0. The van der Waals surface area contributed by atoms with Gasteiger partial charge in [-0.3, -0.25) is 14.7 Å². The number of benzene rings is 3. The monoisotopic (exact) mass is 500 g/mol. The fourth-order valence-corrected chi connectivity index (χ4v) is 5.46. The number of hydrogen-bond acceptors (Lipinski definition) is 6. The molecule has 0 atom stereocenters. The summed E-state index contributed by atoms with van der Waals surface area (Å²) in [4.78, 5) is 21.0. The Balaban J connectivity index is 1.53. The van der Waals surface area contributed by atoms with Crippen LogP contribution in [-0.2, 0) is 5.54 Å². The summed E-state index contributed by atoms with van der Waals surface area (Å²) >= 11 is 0. The first-order chi connectivity index (χ1) is 18.5. The van der Waals surface area contributed by atoms with Crippen LogP contribution < -0.4 is 11.1 Å². The van der Waals surface area contributed by atoms with Crippen LogP contribution >= 0.6 is 0 Å². The van der Waals surface area contributed by atoms with Gasteiger partial charge in [-0.15, -0.1) is 0 Å². The van der Waals surface area contributed by atoms with Crippen molar-refractivity contribution in [2.45, 2.75) is 24.8 Å². The zero-order valence-corrected chi connectivity index (χ0v) is 20.5. The van der Waals surface area contributed by atoms with E-state index >= 15 is 0 Å². The Hall–Kier alpha value is -4.82. The number of aromatic nitrogens is 3. The van der Waals surface area contributed by atoms with Crippen LogP contribution in [0.3, 0.4) is 0 Å². The number of nitrogens with zero attached hydrogens (tertiary/aromatic N) is 4. The molecule has 0 unspecified atom stereocenters. The summed E-state index contributed by atoms with van der Waals surface area (Å²) in [6.07, 6.45) is 4.86. The molecule has 8 heteroatoms. The Labute approximate surface area is 219 Å². The Morgan fingerprint density at radius 3 is 2.53 bits per heavy atom. The SMILES string of the molecule is NC1(c2ccc(-c3c(-c4cccc([N+](=O)[O-])c4)nc4n3-c3cccnc3Nc3ccccc3-4)cc2)CCC1. The number of nitrogens with two attached hydrogens (primary N) is 1. The van der Waals surface area contributed by atoms with Gasteiger partial charge in [-0.05, 0) is 49.1 Å². The number of imidazole rings is 1. The molecule has 0 amide bonds. The first kappa shape index (κ1) is 22.4. The van der Waals surface area contributed by atoms with Crippen LogP contribution in [0.5, 0.6) is 0 Å². The highest BCUT2D eigenvalue weighted by molar-refractivity contribution is 5.91. The molecule has 0 bridgehead atoms. The Morgan fingerprint density at radius 2 is 1.76 bits per heavy atom. The lowest BCUT2D eigenvalue weighted by Gasteiger charge is -2.38. The number of pyridine rings is 1. The third kappa shape index (κ3) is 3.42. The zero-order chi connectivity index (χ0) is 25.9. The molecule has 0 spiro atoms. The number of non-ortho nitro benzene ring substituents is 1. The number of anilines is 2. The maximum Gasteiger partial charge on any atom is 0.270 e. The number of nitro groups is 1. The molecule has 1 aliphatic carbocycles. The number of nitrogens with one attached hydrogen (secondary N) is 1. The van der Waals surface area contributed by atoms with Gasteiger partial charge in [0.25, 0.3) is 5.69 Å². The molecule has 1 aliphatic heterocycles. The minimum atomic E-state index is -0.378. The van der Waals surface area contributed by atoms with Crippen LogP contribution in [0.15, 0.2) is 91.1 Å². The van der Waals surface area contributed by atoms with Gasteiger partial charge in [0.2, 0.25) is 0 Å². The summed E-state index contributed by atoms with van der Waals surface area (Å²) in [5, 5.41) is 15.1. The molecule has 38 heavy (non-hydrogen) atoms. The number of hydrogen-bond donors (Lipinski definition) is 2. The van der Waals surface area contributed by atoms with E-state index in [4.69, 9.17) is 10.7 Å². The van der Waals surface area contributed by atoms with E-state index in [1.807, 2.05) is 42.5 Å². The largest absolute Gasteiger partial charge is 0.338 e. The fraction of sp³-hybridized carbons (Fsp3) is 0.133. The molecule has 5 aromatic rings. The van der Waals surface area contributed by atoms with Crippen molar-refractivity contribution < 1.29 is 4.92 Å². The van der Waals surface area contributed by atoms with Crippen molar-refractivity contribution in [1.82, 2.24) is 14.5 Å². The van der Waals surface area contributed by atoms with E-state index in [1.54, 1.807) is 18.3 Å². The summed E-state index contributed by atoms with van der Waals surface area (Å²) < 4.78 is 2.10. The molecule has 0 radical (unpaired) electrons. The van der Waals surface area contributed by atoms with Crippen LogP contribution in [0.4, 0.5) is 17.2 Å². The Morgan fingerprint density at radius 1 is 0.947 bits per heavy atom. The van der Waals surface area contributed by atoms with Gasteiger partial charge in [0.05, 0.1) is 27.7 Å². The summed E-state index contributed by atoms with van der Waals surface area (Å²) in [5.74, 6) is 1.43. The van der Waals surface area contributed by atoms with Crippen LogP contribution in [0.25, 0.3) is 39.6 Å². The quantitative estimate of drug-likeness (QED) is 0.209. The minimum absolute atomic E-state index is 0.0196. The van der Waals surface area contributed by atoms with Crippen LogP contribution in [0, 0.1) is 10.1 Å². The van der Waals surface area contributed by atoms with Crippen LogP contribution in [-0.4, -0.2) is 19.5 Å². The molecule has 2 aromatic heterocycles. The number of fused-ring (bicyclic) bond motifs is 5. The van der Waals surface area contributed by atoms with E-state index in [-0.39, 0.29) is 16.1 Å². The summed E-state index contributed by atoms with van der Waals surface area (Å²) in [6, 6.07) is 26.9. The van der Waals surface area contributed by atoms with Crippen molar-refractivity contribution in [3.8, 4) is 39.6 Å². The van der Waals surface area contributed by atoms with Gasteiger partial charge in [0.1, 0.15) is 5.82 Å². The highest BCUT2D eigenvalue weighted by Gasteiger charge is 2.34. The van der Waals surface area contributed by atoms with E-state index < -0.39 is 0 Å². The standard InChI is InChI=1S/C30H24N6O2/c31-30(15-5-16-30)21-13-11-19(12-14-21)27-26(20-6-3-7-22(18-20)36(37)38)34-29-23-8-1-2-9-24(23)33-28-25(35(27)29)10-4-17-32-28/h1-4,6-14,17-18H,5,15-16,31H2,(H,32,33). The van der Waals surface area contributed by atoms with Crippen LogP contribution in [0.2, 0.25) is 0 Å².